The lowest BCUT2D eigenvalue weighted by Crippen LogP contribution is -2.51. The van der Waals surface area contributed by atoms with E-state index >= 15 is 0 Å². The number of hydrogen-bond acceptors (Lipinski definition) is 3. The van der Waals surface area contributed by atoms with Crippen molar-refractivity contribution in [2.24, 2.45) is 13.0 Å². The van der Waals surface area contributed by atoms with E-state index in [0.717, 1.165) is 23.2 Å². The zero-order chi connectivity index (χ0) is 17.9. The summed E-state index contributed by atoms with van der Waals surface area (Å²) in [7, 11) is 2.01. The minimum absolute atomic E-state index is 0.0223. The van der Waals surface area contributed by atoms with Gasteiger partial charge in [0.25, 0.3) is 5.91 Å². The molecule has 2 saturated heterocycles. The Hall–Kier alpha value is -2.01. The van der Waals surface area contributed by atoms with Crippen molar-refractivity contribution in [2.75, 3.05) is 26.2 Å². The number of nitrogens with zero attached hydrogens (tertiary/aromatic N) is 2. The largest absolute Gasteiger partial charge is 0.483 e. The number of rotatable bonds is 5. The van der Waals surface area contributed by atoms with E-state index in [1.54, 1.807) is 0 Å². The van der Waals surface area contributed by atoms with Crippen molar-refractivity contribution in [3.63, 3.8) is 0 Å². The van der Waals surface area contributed by atoms with Crippen LogP contribution in [0.4, 0.5) is 0 Å². The Morgan fingerprint density at radius 1 is 1.19 bits per heavy atom. The van der Waals surface area contributed by atoms with Gasteiger partial charge in [0.2, 0.25) is 0 Å². The molecule has 1 aromatic carbocycles. The Morgan fingerprint density at radius 3 is 3.00 bits per heavy atom. The maximum atomic E-state index is 12.3. The van der Waals surface area contributed by atoms with Crippen LogP contribution in [0, 0.1) is 5.92 Å². The maximum absolute atomic E-state index is 12.3. The van der Waals surface area contributed by atoms with Crippen LogP contribution < -0.4 is 10.1 Å². The molecule has 2 fully saturated rings. The number of ether oxygens (including phenoxy) is 1. The van der Waals surface area contributed by atoms with Gasteiger partial charge in [-0.05, 0) is 62.9 Å². The predicted octanol–water partition coefficient (Wildman–Crippen LogP) is 2.94. The fourth-order valence-electron chi connectivity index (χ4n) is 4.65. The fraction of sp³-hybridized carbons (Fsp3) is 0.571. The van der Waals surface area contributed by atoms with Crippen LogP contribution in [0.2, 0.25) is 0 Å². The van der Waals surface area contributed by atoms with Gasteiger partial charge in [0.15, 0.2) is 6.61 Å². The van der Waals surface area contributed by atoms with Gasteiger partial charge in [0, 0.05) is 31.2 Å². The number of aryl methyl sites for hydroxylation is 1. The van der Waals surface area contributed by atoms with Crippen LogP contribution in [0.3, 0.4) is 0 Å². The summed E-state index contributed by atoms with van der Waals surface area (Å²) in [6.07, 6.45) is 8.43. The lowest BCUT2D eigenvalue weighted by Gasteiger charge is -2.44. The number of nitrogens with one attached hydrogen (secondary N) is 1. The summed E-state index contributed by atoms with van der Waals surface area (Å²) in [5.41, 5.74) is 1.11. The summed E-state index contributed by atoms with van der Waals surface area (Å²) in [5, 5.41) is 4.16. The average molecular weight is 355 g/mol. The van der Waals surface area contributed by atoms with E-state index in [0.29, 0.717) is 12.0 Å². The Morgan fingerprint density at radius 2 is 2.08 bits per heavy atom. The molecule has 0 bridgehead atoms. The van der Waals surface area contributed by atoms with Crippen LogP contribution in [-0.2, 0) is 11.8 Å². The number of amides is 1. The Kier molecular flexibility index (Phi) is 5.16. The first-order valence-electron chi connectivity index (χ1n) is 9.90. The summed E-state index contributed by atoms with van der Waals surface area (Å²) in [5.74, 6) is 1.34. The van der Waals surface area contributed by atoms with Crippen molar-refractivity contribution in [1.29, 1.82) is 0 Å². The molecule has 1 amide bonds. The number of hydrogen-bond donors (Lipinski definition) is 1. The normalized spacial score (nSPS) is 23.6. The molecule has 5 nitrogen and oxygen atoms in total. The van der Waals surface area contributed by atoms with Gasteiger partial charge in [-0.15, -0.1) is 0 Å². The predicted molar refractivity (Wildman–Crippen MR) is 103 cm³/mol. The van der Waals surface area contributed by atoms with Crippen LogP contribution in [-0.4, -0.2) is 47.7 Å². The van der Waals surface area contributed by atoms with Gasteiger partial charge < -0.3 is 19.5 Å². The van der Waals surface area contributed by atoms with Crippen molar-refractivity contribution in [3.05, 3.63) is 30.5 Å². The molecule has 2 aliphatic heterocycles. The van der Waals surface area contributed by atoms with Crippen molar-refractivity contribution in [1.82, 2.24) is 14.8 Å². The number of benzene rings is 1. The van der Waals surface area contributed by atoms with Crippen LogP contribution in [0.1, 0.15) is 32.1 Å². The third-order valence-electron chi connectivity index (χ3n) is 6.04. The molecule has 3 heterocycles. The van der Waals surface area contributed by atoms with E-state index in [2.05, 4.69) is 20.9 Å². The molecule has 26 heavy (non-hydrogen) atoms. The quantitative estimate of drug-likeness (QED) is 0.897. The first-order chi connectivity index (χ1) is 12.7. The topological polar surface area (TPSA) is 46.5 Å². The molecule has 0 spiro atoms. The SMILES string of the molecule is Cn1ccc2c(OCC(=O)NC[C@@H]3CCCN4CCCC[C@H]34)cccc21. The van der Waals surface area contributed by atoms with Gasteiger partial charge >= 0.3 is 0 Å². The second-order valence-electron chi connectivity index (χ2n) is 7.71. The van der Waals surface area contributed by atoms with E-state index in [1.165, 1.54) is 45.2 Å². The molecule has 0 aliphatic carbocycles. The van der Waals surface area contributed by atoms with Crippen LogP contribution in [0.5, 0.6) is 5.75 Å². The molecule has 0 radical (unpaired) electrons. The first-order valence-corrected chi connectivity index (χ1v) is 9.90. The van der Waals surface area contributed by atoms with Gasteiger partial charge in [0.1, 0.15) is 5.75 Å². The Balaban J connectivity index is 1.30. The van der Waals surface area contributed by atoms with E-state index in [4.69, 9.17) is 4.74 Å². The number of carbonyl (C=O) groups excluding carboxylic acids is 1. The lowest BCUT2D eigenvalue weighted by atomic mass is 9.83. The summed E-state index contributed by atoms with van der Waals surface area (Å²) in [4.78, 5) is 14.9. The first kappa shape index (κ1) is 17.4. The zero-order valence-electron chi connectivity index (χ0n) is 15.6. The third kappa shape index (κ3) is 3.58. The van der Waals surface area contributed by atoms with Gasteiger partial charge in [-0.2, -0.15) is 0 Å². The van der Waals surface area contributed by atoms with Crippen molar-refractivity contribution in [3.8, 4) is 5.75 Å². The highest BCUT2D eigenvalue weighted by molar-refractivity contribution is 5.87. The maximum Gasteiger partial charge on any atom is 0.257 e. The molecule has 1 aromatic heterocycles. The highest BCUT2D eigenvalue weighted by Crippen LogP contribution is 2.30. The lowest BCUT2D eigenvalue weighted by molar-refractivity contribution is -0.123. The summed E-state index contributed by atoms with van der Waals surface area (Å²) >= 11 is 0. The molecule has 140 valence electrons. The summed E-state index contributed by atoms with van der Waals surface area (Å²) < 4.78 is 7.86. The Bertz CT molecular complexity index is 768. The molecular weight excluding hydrogens is 326 g/mol. The van der Waals surface area contributed by atoms with Gasteiger partial charge in [-0.1, -0.05) is 12.5 Å². The van der Waals surface area contributed by atoms with Crippen LogP contribution in [0.15, 0.2) is 30.5 Å². The van der Waals surface area contributed by atoms with Gasteiger partial charge in [0.05, 0.1) is 5.52 Å². The van der Waals surface area contributed by atoms with Gasteiger partial charge in [-0.3, -0.25) is 4.79 Å². The average Bonchev–Trinajstić information content (AvgIpc) is 3.06. The van der Waals surface area contributed by atoms with E-state index < -0.39 is 0 Å². The van der Waals surface area contributed by atoms with E-state index in [9.17, 15) is 4.79 Å². The van der Waals surface area contributed by atoms with Crippen LogP contribution >= 0.6 is 0 Å². The highest BCUT2D eigenvalue weighted by atomic mass is 16.5. The van der Waals surface area contributed by atoms with Crippen molar-refractivity contribution in [2.45, 2.75) is 38.1 Å². The van der Waals surface area contributed by atoms with Crippen LogP contribution in [0.25, 0.3) is 10.9 Å². The number of aromatic nitrogens is 1. The summed E-state index contributed by atoms with van der Waals surface area (Å²) in [6.45, 7) is 3.33. The smallest absolute Gasteiger partial charge is 0.257 e. The molecule has 0 saturated carbocycles. The Labute approximate surface area is 155 Å². The third-order valence-corrected chi connectivity index (χ3v) is 6.04. The molecule has 0 unspecified atom stereocenters. The molecule has 2 atom stereocenters. The molecule has 2 aliphatic rings. The molecule has 5 heteroatoms. The van der Waals surface area contributed by atoms with Gasteiger partial charge in [-0.25, -0.2) is 0 Å². The molecule has 2 aromatic rings. The second-order valence-corrected chi connectivity index (χ2v) is 7.71. The van der Waals surface area contributed by atoms with Crippen molar-refractivity contribution >= 4 is 16.8 Å². The minimum Gasteiger partial charge on any atom is -0.483 e. The number of carbonyl (C=O) groups is 1. The highest BCUT2D eigenvalue weighted by Gasteiger charge is 2.32. The molecular formula is C21H29N3O2. The zero-order valence-corrected chi connectivity index (χ0v) is 15.6. The minimum atomic E-state index is -0.0223. The summed E-state index contributed by atoms with van der Waals surface area (Å²) in [6, 6.07) is 8.65. The van der Waals surface area contributed by atoms with E-state index in [-0.39, 0.29) is 12.5 Å². The number of fused-ring (bicyclic) bond motifs is 2. The van der Waals surface area contributed by atoms with E-state index in [1.807, 2.05) is 31.4 Å². The standard InChI is InChI=1S/C21H29N3O2/c1-23-13-10-17-19(23)8-4-9-20(17)26-15-21(25)22-14-16-6-5-12-24-11-3-2-7-18(16)24/h4,8-10,13,16,18H,2-3,5-7,11-12,14-15H2,1H3,(H,22,25)/t16-,18+/m0/s1. The molecule has 1 N–H and O–H groups in total. The van der Waals surface area contributed by atoms with Crippen molar-refractivity contribution < 1.29 is 9.53 Å². The number of piperidine rings is 2. The monoisotopic (exact) mass is 355 g/mol. The fourth-order valence-corrected chi connectivity index (χ4v) is 4.65. The second kappa shape index (κ2) is 7.70. The molecule has 4 rings (SSSR count).